The lowest BCUT2D eigenvalue weighted by molar-refractivity contribution is -0.384. The first-order valence-electron chi connectivity index (χ1n) is 6.83. The highest BCUT2D eigenvalue weighted by atomic mass is 32.1. The minimum atomic E-state index is -0.733. The van der Waals surface area contributed by atoms with Gasteiger partial charge in [-0.2, -0.15) is 0 Å². The zero-order valence-corrected chi connectivity index (χ0v) is 14.0. The molecule has 1 aromatic carbocycles. The van der Waals surface area contributed by atoms with Crippen LogP contribution in [0.25, 0.3) is 0 Å². The van der Waals surface area contributed by atoms with Gasteiger partial charge in [0.25, 0.3) is 17.5 Å². The number of nitrogens with two attached hydrogens (primary N) is 1. The molecule has 0 spiro atoms. The summed E-state index contributed by atoms with van der Waals surface area (Å²) >= 11 is 0.853. The van der Waals surface area contributed by atoms with Gasteiger partial charge in [0.15, 0.2) is 0 Å². The van der Waals surface area contributed by atoms with Gasteiger partial charge < -0.3 is 15.8 Å². The number of hydrogen-bond acceptors (Lipinski definition) is 7. The van der Waals surface area contributed by atoms with Crippen LogP contribution in [0.3, 0.4) is 0 Å². The number of amides is 2. The van der Waals surface area contributed by atoms with Crippen LogP contribution in [0, 0.1) is 17.0 Å². The van der Waals surface area contributed by atoms with Crippen LogP contribution in [0.15, 0.2) is 24.3 Å². The molecule has 3 N–H and O–H groups in total. The highest BCUT2D eigenvalue weighted by molar-refractivity contribution is 7.18. The fourth-order valence-corrected chi connectivity index (χ4v) is 3.14. The Morgan fingerprint density at radius 2 is 1.84 bits per heavy atom. The Bertz CT molecular complexity index is 872. The van der Waals surface area contributed by atoms with Crippen LogP contribution in [0.5, 0.6) is 0 Å². The summed E-state index contributed by atoms with van der Waals surface area (Å²) in [5.74, 6) is -2.05. The van der Waals surface area contributed by atoms with Gasteiger partial charge in [0, 0.05) is 17.7 Å². The van der Waals surface area contributed by atoms with Gasteiger partial charge in [0.1, 0.15) is 5.00 Å². The van der Waals surface area contributed by atoms with Gasteiger partial charge in [0.05, 0.1) is 22.5 Å². The van der Waals surface area contributed by atoms with Crippen LogP contribution in [0.1, 0.15) is 36.0 Å². The summed E-state index contributed by atoms with van der Waals surface area (Å²) in [6.45, 7) is 1.52. The van der Waals surface area contributed by atoms with Crippen molar-refractivity contribution in [3.8, 4) is 0 Å². The number of primary amides is 1. The summed E-state index contributed by atoms with van der Waals surface area (Å²) in [6, 6.07) is 4.93. The molecule has 10 heteroatoms. The van der Waals surface area contributed by atoms with Crippen molar-refractivity contribution in [2.75, 3.05) is 12.4 Å². The third-order valence-electron chi connectivity index (χ3n) is 3.33. The number of methoxy groups -OCH3 is 1. The molecule has 9 nitrogen and oxygen atoms in total. The number of nitrogens with zero attached hydrogens (tertiary/aromatic N) is 1. The predicted octanol–water partition coefficient (Wildman–Crippen LogP) is 2.10. The molecular formula is C15H13N3O6S. The minimum Gasteiger partial charge on any atom is -0.465 e. The molecule has 0 atom stereocenters. The number of nitrogens with one attached hydrogen (secondary N) is 1. The van der Waals surface area contributed by atoms with Crippen molar-refractivity contribution in [2.24, 2.45) is 5.73 Å². The number of nitro benzene ring substituents is 1. The molecule has 130 valence electrons. The fraction of sp³-hybridized carbons (Fsp3) is 0.133. The fourth-order valence-electron chi connectivity index (χ4n) is 2.09. The number of non-ortho nitro benzene ring substituents is 1. The summed E-state index contributed by atoms with van der Waals surface area (Å²) in [5.41, 5.74) is 5.60. The summed E-state index contributed by atoms with van der Waals surface area (Å²) in [5, 5.41) is 13.3. The summed E-state index contributed by atoms with van der Waals surface area (Å²) < 4.78 is 4.67. The number of rotatable bonds is 5. The van der Waals surface area contributed by atoms with E-state index in [1.807, 2.05) is 0 Å². The average Bonchev–Trinajstić information content (AvgIpc) is 2.90. The van der Waals surface area contributed by atoms with Gasteiger partial charge in [-0.25, -0.2) is 4.79 Å². The van der Waals surface area contributed by atoms with Crippen LogP contribution < -0.4 is 11.1 Å². The highest BCUT2D eigenvalue weighted by Crippen LogP contribution is 2.33. The molecule has 0 saturated carbocycles. The first-order valence-corrected chi connectivity index (χ1v) is 7.65. The van der Waals surface area contributed by atoms with E-state index in [-0.39, 0.29) is 26.7 Å². The van der Waals surface area contributed by atoms with Crippen molar-refractivity contribution < 1.29 is 24.0 Å². The summed E-state index contributed by atoms with van der Waals surface area (Å²) in [7, 11) is 1.17. The molecule has 2 amide bonds. The molecule has 0 radical (unpaired) electrons. The lowest BCUT2D eigenvalue weighted by atomic mass is 10.1. The zero-order chi connectivity index (χ0) is 18.7. The van der Waals surface area contributed by atoms with E-state index in [4.69, 9.17) is 5.73 Å². The van der Waals surface area contributed by atoms with E-state index >= 15 is 0 Å². The van der Waals surface area contributed by atoms with Crippen molar-refractivity contribution in [1.29, 1.82) is 0 Å². The number of hydrogen-bond donors (Lipinski definition) is 2. The molecule has 2 aromatic rings. The Hall–Kier alpha value is -3.27. The first-order chi connectivity index (χ1) is 11.8. The van der Waals surface area contributed by atoms with Gasteiger partial charge in [-0.05, 0) is 24.6 Å². The van der Waals surface area contributed by atoms with Crippen LogP contribution in [-0.4, -0.2) is 29.8 Å². The quantitative estimate of drug-likeness (QED) is 0.473. The minimum absolute atomic E-state index is 0.0385. The lowest BCUT2D eigenvalue weighted by Crippen LogP contribution is -2.14. The SMILES string of the molecule is COC(=O)c1c(NC(=O)c2ccc([N+](=O)[O-])cc2)sc(C(N)=O)c1C. The molecule has 0 aliphatic heterocycles. The van der Waals surface area contributed by atoms with E-state index in [0.717, 1.165) is 11.3 Å². The van der Waals surface area contributed by atoms with Crippen LogP contribution >= 0.6 is 11.3 Å². The molecule has 1 aromatic heterocycles. The Kier molecular flexibility index (Phi) is 5.13. The van der Waals surface area contributed by atoms with Crippen molar-refractivity contribution in [3.05, 3.63) is 55.9 Å². The third kappa shape index (κ3) is 3.63. The summed E-state index contributed by atoms with van der Waals surface area (Å²) in [4.78, 5) is 45.9. The van der Waals surface area contributed by atoms with Crippen molar-refractivity contribution in [2.45, 2.75) is 6.92 Å². The zero-order valence-electron chi connectivity index (χ0n) is 13.2. The third-order valence-corrected chi connectivity index (χ3v) is 4.55. The maximum absolute atomic E-state index is 12.3. The predicted molar refractivity (Wildman–Crippen MR) is 90.0 cm³/mol. The topological polar surface area (TPSA) is 142 Å². The van der Waals surface area contributed by atoms with E-state index in [1.165, 1.54) is 38.3 Å². The Morgan fingerprint density at radius 3 is 2.32 bits per heavy atom. The van der Waals surface area contributed by atoms with Crippen molar-refractivity contribution in [3.63, 3.8) is 0 Å². The number of benzene rings is 1. The molecular weight excluding hydrogens is 350 g/mol. The van der Waals surface area contributed by atoms with Crippen molar-refractivity contribution >= 4 is 39.8 Å². The van der Waals surface area contributed by atoms with Gasteiger partial charge in [-0.3, -0.25) is 19.7 Å². The maximum Gasteiger partial charge on any atom is 0.341 e. The molecule has 0 fully saturated rings. The molecule has 0 aliphatic carbocycles. The Balaban J connectivity index is 2.37. The molecule has 1 heterocycles. The van der Waals surface area contributed by atoms with E-state index in [2.05, 4.69) is 10.1 Å². The van der Waals surface area contributed by atoms with Crippen LogP contribution in [0.4, 0.5) is 10.7 Å². The number of ether oxygens (including phenoxy) is 1. The van der Waals surface area contributed by atoms with Gasteiger partial charge in [0.2, 0.25) is 0 Å². The van der Waals surface area contributed by atoms with Gasteiger partial charge >= 0.3 is 5.97 Å². The average molecular weight is 363 g/mol. The standard InChI is InChI=1S/C15H13N3O6S/c1-7-10(15(21)24-2)14(25-11(7)12(16)19)17-13(20)8-3-5-9(6-4-8)18(22)23/h3-6H,1-2H3,(H2,16,19)(H,17,20). The number of thiophene rings is 1. The van der Waals surface area contributed by atoms with E-state index in [9.17, 15) is 24.5 Å². The maximum atomic E-state index is 12.3. The Labute approximate surface area is 145 Å². The van der Waals surface area contributed by atoms with Crippen LogP contribution in [0.2, 0.25) is 0 Å². The first kappa shape index (κ1) is 18.1. The molecule has 2 rings (SSSR count). The molecule has 0 bridgehead atoms. The molecule has 0 unspecified atom stereocenters. The second-order valence-corrected chi connectivity index (χ2v) is 5.89. The normalized spacial score (nSPS) is 10.2. The lowest BCUT2D eigenvalue weighted by Gasteiger charge is -2.06. The molecule has 25 heavy (non-hydrogen) atoms. The number of nitro groups is 1. The molecule has 0 saturated heterocycles. The number of esters is 1. The molecule has 0 aliphatic rings. The van der Waals surface area contributed by atoms with E-state index < -0.39 is 22.7 Å². The van der Waals surface area contributed by atoms with Crippen molar-refractivity contribution in [1.82, 2.24) is 0 Å². The monoisotopic (exact) mass is 363 g/mol. The van der Waals surface area contributed by atoms with Gasteiger partial charge in [-0.1, -0.05) is 0 Å². The number of anilines is 1. The smallest absolute Gasteiger partial charge is 0.341 e. The highest BCUT2D eigenvalue weighted by Gasteiger charge is 2.25. The van der Waals surface area contributed by atoms with E-state index in [1.54, 1.807) is 0 Å². The van der Waals surface area contributed by atoms with E-state index in [0.29, 0.717) is 5.56 Å². The second-order valence-electron chi connectivity index (χ2n) is 4.87. The number of carbonyl (C=O) groups excluding carboxylic acids is 3. The van der Waals surface area contributed by atoms with Crippen LogP contribution in [-0.2, 0) is 4.74 Å². The van der Waals surface area contributed by atoms with Gasteiger partial charge in [-0.15, -0.1) is 11.3 Å². The largest absolute Gasteiger partial charge is 0.465 e. The second kappa shape index (κ2) is 7.09. The number of carbonyl (C=O) groups is 3. The summed E-state index contributed by atoms with van der Waals surface area (Å²) in [6.07, 6.45) is 0. The Morgan fingerprint density at radius 1 is 1.24 bits per heavy atom.